The Balaban J connectivity index is 1.31. The van der Waals surface area contributed by atoms with Gasteiger partial charge < -0.3 is 19.6 Å². The van der Waals surface area contributed by atoms with Crippen LogP contribution >= 0.6 is 0 Å². The SMILES string of the molecule is Cc1ccc(N(c2ccccc2)c2ccc3c(N(c4ccccc4)c4ccccc4)c4cc(N(c5ccccc5)c5ccc(C)cc5)ccc4c(N(c4ccccc4)c4ccccc4)c3c2)cc1. The number of para-hydroxylation sites is 6. The van der Waals surface area contributed by atoms with Gasteiger partial charge in [0.25, 0.3) is 0 Å². The van der Waals surface area contributed by atoms with Gasteiger partial charge in [-0.25, -0.2) is 0 Å². The number of fused-ring (bicyclic) bond motifs is 2. The summed E-state index contributed by atoms with van der Waals surface area (Å²) in [6.07, 6.45) is 0. The molecule has 11 rings (SSSR count). The molecule has 11 aromatic rings. The summed E-state index contributed by atoms with van der Waals surface area (Å²) in [6.45, 7) is 4.29. The molecule has 0 aliphatic heterocycles. The molecule has 0 unspecified atom stereocenters. The second-order valence-corrected chi connectivity index (χ2v) is 17.2. The highest BCUT2D eigenvalue weighted by Gasteiger charge is 2.28. The van der Waals surface area contributed by atoms with Crippen molar-refractivity contribution >= 4 is 89.8 Å². The summed E-state index contributed by atoms with van der Waals surface area (Å²) in [5, 5.41) is 4.43. The van der Waals surface area contributed by atoms with E-state index in [1.54, 1.807) is 0 Å². The van der Waals surface area contributed by atoms with Crippen molar-refractivity contribution in [3.8, 4) is 0 Å². The minimum Gasteiger partial charge on any atom is -0.310 e. The number of anilines is 12. The highest BCUT2D eigenvalue weighted by molar-refractivity contribution is 6.24. The number of hydrogen-bond acceptors (Lipinski definition) is 4. The van der Waals surface area contributed by atoms with Gasteiger partial charge in [0.15, 0.2) is 0 Å². The van der Waals surface area contributed by atoms with Crippen LogP contribution < -0.4 is 19.6 Å². The van der Waals surface area contributed by atoms with Gasteiger partial charge in [-0.2, -0.15) is 0 Å². The summed E-state index contributed by atoms with van der Waals surface area (Å²) < 4.78 is 0. The summed E-state index contributed by atoms with van der Waals surface area (Å²) >= 11 is 0. The molecule has 0 heterocycles. The van der Waals surface area contributed by atoms with Crippen LogP contribution in [0.25, 0.3) is 21.5 Å². The lowest BCUT2D eigenvalue weighted by Crippen LogP contribution is -2.16. The van der Waals surface area contributed by atoms with E-state index in [9.17, 15) is 0 Å². The molecule has 0 saturated carbocycles. The first-order valence-corrected chi connectivity index (χ1v) is 23.3. The first-order chi connectivity index (χ1) is 33.6. The first-order valence-electron chi connectivity index (χ1n) is 23.3. The summed E-state index contributed by atoms with van der Waals surface area (Å²) in [6, 6.07) is 96.3. The first kappa shape index (κ1) is 41.8. The van der Waals surface area contributed by atoms with E-state index in [2.05, 4.69) is 300 Å². The zero-order chi connectivity index (χ0) is 45.8. The molecule has 11 aromatic carbocycles. The molecule has 68 heavy (non-hydrogen) atoms. The molecule has 0 aliphatic rings. The van der Waals surface area contributed by atoms with E-state index < -0.39 is 0 Å². The van der Waals surface area contributed by atoms with Crippen LogP contribution in [0.1, 0.15) is 11.1 Å². The summed E-state index contributed by atoms with van der Waals surface area (Å²) in [5.74, 6) is 0. The Hall–Kier alpha value is -8.86. The molecule has 0 fully saturated rings. The molecule has 0 bridgehead atoms. The Kier molecular flexibility index (Phi) is 11.4. The lowest BCUT2D eigenvalue weighted by Gasteiger charge is -2.34. The Labute approximate surface area is 399 Å². The summed E-state index contributed by atoms with van der Waals surface area (Å²) in [4.78, 5) is 9.63. The van der Waals surface area contributed by atoms with E-state index in [0.717, 1.165) is 89.8 Å². The molecule has 0 N–H and O–H groups in total. The van der Waals surface area contributed by atoms with Crippen molar-refractivity contribution in [2.24, 2.45) is 0 Å². The lowest BCUT2D eigenvalue weighted by atomic mass is 9.94. The maximum Gasteiger partial charge on any atom is 0.0620 e. The average Bonchev–Trinajstić information content (AvgIpc) is 3.40. The smallest absolute Gasteiger partial charge is 0.0620 e. The zero-order valence-corrected chi connectivity index (χ0v) is 38.2. The molecule has 0 aliphatic carbocycles. The molecule has 0 radical (unpaired) electrons. The van der Waals surface area contributed by atoms with E-state index in [0.29, 0.717) is 0 Å². The van der Waals surface area contributed by atoms with E-state index in [4.69, 9.17) is 0 Å². The fourth-order valence-electron chi connectivity index (χ4n) is 9.48. The van der Waals surface area contributed by atoms with Gasteiger partial charge in [0.2, 0.25) is 0 Å². The van der Waals surface area contributed by atoms with Gasteiger partial charge in [-0.05, 0) is 135 Å². The zero-order valence-electron chi connectivity index (χ0n) is 38.2. The molecule has 0 saturated heterocycles. The molecule has 0 atom stereocenters. The molecular formula is C64H50N4. The van der Waals surface area contributed by atoms with Crippen molar-refractivity contribution in [2.45, 2.75) is 13.8 Å². The van der Waals surface area contributed by atoms with E-state index >= 15 is 0 Å². The Bertz CT molecular complexity index is 3120. The van der Waals surface area contributed by atoms with Gasteiger partial charge in [0.05, 0.1) is 11.4 Å². The number of aryl methyl sites for hydroxylation is 2. The average molecular weight is 875 g/mol. The van der Waals surface area contributed by atoms with Crippen LogP contribution in [0.4, 0.5) is 68.2 Å². The maximum absolute atomic E-state index is 2.45. The van der Waals surface area contributed by atoms with E-state index in [1.165, 1.54) is 11.1 Å². The molecule has 0 amide bonds. The monoisotopic (exact) mass is 874 g/mol. The predicted octanol–water partition coefficient (Wildman–Crippen LogP) is 18.5. The van der Waals surface area contributed by atoms with Crippen LogP contribution in [-0.4, -0.2) is 0 Å². The molecule has 326 valence electrons. The number of hydrogen-bond donors (Lipinski definition) is 0. The standard InChI is InChI=1S/C64H50N4/c1-47-33-37-55(38-34-47)65(49-21-9-3-10-22-49)57-41-43-59-61(45-57)63(67(51-25-13-5-14-26-51)52-27-15-6-16-28-52)60-44-42-58(66(50-23-11-4-12-24-50)56-39-35-48(2)36-40-56)46-62(60)64(59)68(53-29-17-7-18-30-53)54-31-19-8-20-32-54/h3-46H,1-2H3. The highest BCUT2D eigenvalue weighted by Crippen LogP contribution is 2.53. The van der Waals surface area contributed by atoms with E-state index in [1.807, 2.05) is 0 Å². The third-order valence-electron chi connectivity index (χ3n) is 12.7. The Morgan fingerprint density at radius 3 is 0.676 bits per heavy atom. The summed E-state index contributed by atoms with van der Waals surface area (Å²) in [5.41, 5.74) is 15.3. The van der Waals surface area contributed by atoms with Crippen LogP contribution in [-0.2, 0) is 0 Å². The summed E-state index contributed by atoms with van der Waals surface area (Å²) in [7, 11) is 0. The quantitative estimate of drug-likeness (QED) is 0.0895. The van der Waals surface area contributed by atoms with Crippen molar-refractivity contribution in [3.05, 3.63) is 278 Å². The normalized spacial score (nSPS) is 11.1. The Morgan fingerprint density at radius 2 is 0.412 bits per heavy atom. The maximum atomic E-state index is 2.45. The number of nitrogens with zero attached hydrogens (tertiary/aromatic N) is 4. The molecular weight excluding hydrogens is 825 g/mol. The van der Waals surface area contributed by atoms with Crippen LogP contribution in [0, 0.1) is 13.8 Å². The minimum atomic E-state index is 1.05. The molecule has 4 nitrogen and oxygen atoms in total. The second kappa shape index (κ2) is 18.6. The van der Waals surface area contributed by atoms with Gasteiger partial charge in [-0.15, -0.1) is 0 Å². The molecule has 0 spiro atoms. The van der Waals surface area contributed by atoms with Gasteiger partial charge in [0, 0.05) is 78.4 Å². The van der Waals surface area contributed by atoms with Crippen LogP contribution in [0.5, 0.6) is 0 Å². The fourth-order valence-corrected chi connectivity index (χ4v) is 9.48. The van der Waals surface area contributed by atoms with Crippen LogP contribution in [0.2, 0.25) is 0 Å². The van der Waals surface area contributed by atoms with E-state index in [-0.39, 0.29) is 0 Å². The largest absolute Gasteiger partial charge is 0.310 e. The molecule has 0 aromatic heterocycles. The minimum absolute atomic E-state index is 1.05. The third kappa shape index (κ3) is 8.10. The van der Waals surface area contributed by atoms with Crippen molar-refractivity contribution in [3.63, 3.8) is 0 Å². The predicted molar refractivity (Wildman–Crippen MR) is 290 cm³/mol. The number of rotatable bonds is 12. The molecule has 4 heteroatoms. The van der Waals surface area contributed by atoms with Crippen molar-refractivity contribution in [1.82, 2.24) is 0 Å². The van der Waals surface area contributed by atoms with Crippen molar-refractivity contribution < 1.29 is 0 Å². The van der Waals surface area contributed by atoms with Gasteiger partial charge in [-0.1, -0.05) is 157 Å². The highest BCUT2D eigenvalue weighted by atomic mass is 15.2. The number of benzene rings is 11. The Morgan fingerprint density at radius 1 is 0.191 bits per heavy atom. The van der Waals surface area contributed by atoms with Gasteiger partial charge in [-0.3, -0.25) is 0 Å². The third-order valence-corrected chi connectivity index (χ3v) is 12.7. The fraction of sp³-hybridized carbons (Fsp3) is 0.0312. The van der Waals surface area contributed by atoms with Gasteiger partial charge in [0.1, 0.15) is 0 Å². The lowest BCUT2D eigenvalue weighted by molar-refractivity contribution is 1.27. The van der Waals surface area contributed by atoms with Crippen LogP contribution in [0.15, 0.2) is 267 Å². The van der Waals surface area contributed by atoms with Crippen molar-refractivity contribution in [1.29, 1.82) is 0 Å². The second-order valence-electron chi connectivity index (χ2n) is 17.2. The van der Waals surface area contributed by atoms with Crippen molar-refractivity contribution in [2.75, 3.05) is 19.6 Å². The van der Waals surface area contributed by atoms with Gasteiger partial charge >= 0.3 is 0 Å². The van der Waals surface area contributed by atoms with Crippen LogP contribution in [0.3, 0.4) is 0 Å². The topological polar surface area (TPSA) is 13.0 Å².